The number of nitrogens with zero attached hydrogens (tertiary/aromatic N) is 1. The first-order valence-electron chi connectivity index (χ1n) is 6.82. The van der Waals surface area contributed by atoms with Crippen molar-refractivity contribution >= 4 is 11.8 Å². The Balaban J connectivity index is 1.90. The Hall–Kier alpha value is -1.88. The molecule has 1 atom stereocenters. The largest absolute Gasteiger partial charge is 0.497 e. The number of imide groups is 1. The quantitative estimate of drug-likeness (QED) is 0.894. The van der Waals surface area contributed by atoms with Gasteiger partial charge in [-0.15, -0.1) is 0 Å². The molecule has 0 spiro atoms. The van der Waals surface area contributed by atoms with E-state index in [1.807, 2.05) is 24.3 Å². The van der Waals surface area contributed by atoms with Crippen LogP contribution in [0, 0.1) is 0 Å². The van der Waals surface area contributed by atoms with Crippen LogP contribution in [0.1, 0.15) is 24.8 Å². The molecule has 2 rings (SSSR count). The van der Waals surface area contributed by atoms with Crippen molar-refractivity contribution in [1.82, 2.24) is 4.90 Å². The Morgan fingerprint density at radius 1 is 1.50 bits per heavy atom. The smallest absolute Gasteiger partial charge is 0.230 e. The molecule has 0 bridgehead atoms. The molecular formula is C15H20N2O3. The predicted molar refractivity (Wildman–Crippen MR) is 75.2 cm³/mol. The van der Waals surface area contributed by atoms with Crippen molar-refractivity contribution in [2.45, 2.75) is 31.7 Å². The lowest BCUT2D eigenvalue weighted by molar-refractivity contribution is -0.146. The van der Waals surface area contributed by atoms with Crippen molar-refractivity contribution in [3.63, 3.8) is 0 Å². The van der Waals surface area contributed by atoms with Gasteiger partial charge in [0.15, 0.2) is 0 Å². The molecule has 0 aliphatic carbocycles. The van der Waals surface area contributed by atoms with Gasteiger partial charge in [-0.3, -0.25) is 14.5 Å². The molecule has 5 nitrogen and oxygen atoms in total. The lowest BCUT2D eigenvalue weighted by Crippen LogP contribution is -2.46. The van der Waals surface area contributed by atoms with Gasteiger partial charge in [0.25, 0.3) is 0 Å². The van der Waals surface area contributed by atoms with Gasteiger partial charge in [0.2, 0.25) is 11.8 Å². The fourth-order valence-electron chi connectivity index (χ4n) is 2.33. The van der Waals surface area contributed by atoms with E-state index in [1.54, 1.807) is 7.11 Å². The highest BCUT2D eigenvalue weighted by Crippen LogP contribution is 2.16. The summed E-state index contributed by atoms with van der Waals surface area (Å²) in [4.78, 5) is 25.2. The summed E-state index contributed by atoms with van der Waals surface area (Å²) in [6.07, 6.45) is 1.89. The third kappa shape index (κ3) is 3.57. The first-order chi connectivity index (χ1) is 9.60. The highest BCUT2D eigenvalue weighted by Gasteiger charge is 2.27. The molecule has 1 aliphatic heterocycles. The molecule has 1 heterocycles. The van der Waals surface area contributed by atoms with Crippen LogP contribution < -0.4 is 10.5 Å². The SMILES string of the molecule is COc1cccc(CCC(=O)N2CCC(N)CC2=O)c1. The van der Waals surface area contributed by atoms with Gasteiger partial charge in [-0.2, -0.15) is 0 Å². The third-order valence-electron chi connectivity index (χ3n) is 3.52. The van der Waals surface area contributed by atoms with Crippen molar-refractivity contribution in [2.75, 3.05) is 13.7 Å². The predicted octanol–water partition coefficient (Wildman–Crippen LogP) is 1.10. The molecule has 2 N–H and O–H groups in total. The average Bonchev–Trinajstić information content (AvgIpc) is 2.45. The summed E-state index contributed by atoms with van der Waals surface area (Å²) in [5, 5.41) is 0. The Kier molecular flexibility index (Phi) is 4.74. The lowest BCUT2D eigenvalue weighted by Gasteiger charge is -2.28. The van der Waals surface area contributed by atoms with Gasteiger partial charge in [-0.1, -0.05) is 12.1 Å². The molecule has 1 aromatic rings. The zero-order valence-electron chi connectivity index (χ0n) is 11.7. The van der Waals surface area contributed by atoms with Crippen molar-refractivity contribution in [1.29, 1.82) is 0 Å². The maximum Gasteiger partial charge on any atom is 0.230 e. The molecular weight excluding hydrogens is 256 g/mol. The molecule has 1 aromatic carbocycles. The van der Waals surface area contributed by atoms with Gasteiger partial charge >= 0.3 is 0 Å². The van der Waals surface area contributed by atoms with Gasteiger partial charge in [0, 0.05) is 25.4 Å². The maximum absolute atomic E-state index is 12.1. The number of ether oxygens (including phenoxy) is 1. The molecule has 2 amide bonds. The summed E-state index contributed by atoms with van der Waals surface area (Å²) >= 11 is 0. The van der Waals surface area contributed by atoms with Crippen LogP contribution in [0.3, 0.4) is 0 Å². The molecule has 20 heavy (non-hydrogen) atoms. The number of hydrogen-bond acceptors (Lipinski definition) is 4. The van der Waals surface area contributed by atoms with E-state index in [4.69, 9.17) is 10.5 Å². The maximum atomic E-state index is 12.1. The van der Waals surface area contributed by atoms with Crippen molar-refractivity contribution < 1.29 is 14.3 Å². The Labute approximate surface area is 118 Å². The molecule has 0 saturated carbocycles. The highest BCUT2D eigenvalue weighted by molar-refractivity contribution is 5.96. The third-order valence-corrected chi connectivity index (χ3v) is 3.52. The summed E-state index contributed by atoms with van der Waals surface area (Å²) in [5.41, 5.74) is 6.74. The van der Waals surface area contributed by atoms with Crippen LogP contribution in [0.5, 0.6) is 5.75 Å². The van der Waals surface area contributed by atoms with Crippen molar-refractivity contribution in [3.05, 3.63) is 29.8 Å². The zero-order valence-corrected chi connectivity index (χ0v) is 11.7. The van der Waals surface area contributed by atoms with Crippen molar-refractivity contribution in [2.24, 2.45) is 5.73 Å². The average molecular weight is 276 g/mol. The summed E-state index contributed by atoms with van der Waals surface area (Å²) in [5.74, 6) is 0.499. The van der Waals surface area contributed by atoms with Crippen LogP contribution in [0.15, 0.2) is 24.3 Å². The van der Waals surface area contributed by atoms with Gasteiger partial charge in [0.1, 0.15) is 5.75 Å². The molecule has 0 aromatic heterocycles. The van der Waals surface area contributed by atoms with E-state index >= 15 is 0 Å². The number of methoxy groups -OCH3 is 1. The topological polar surface area (TPSA) is 72.6 Å². The Morgan fingerprint density at radius 3 is 3.00 bits per heavy atom. The van der Waals surface area contributed by atoms with E-state index in [2.05, 4.69) is 0 Å². The zero-order chi connectivity index (χ0) is 14.5. The van der Waals surface area contributed by atoms with E-state index in [-0.39, 0.29) is 24.3 Å². The number of benzene rings is 1. The van der Waals surface area contributed by atoms with Crippen LogP contribution in [0.2, 0.25) is 0 Å². The van der Waals surface area contributed by atoms with Crippen LogP contribution in [0.25, 0.3) is 0 Å². The molecule has 1 unspecified atom stereocenters. The van der Waals surface area contributed by atoms with E-state index in [0.717, 1.165) is 11.3 Å². The first kappa shape index (κ1) is 14.5. The summed E-state index contributed by atoms with van der Waals surface area (Å²) < 4.78 is 5.14. The normalized spacial score (nSPS) is 19.0. The standard InChI is InChI=1S/C15H20N2O3/c1-20-13-4-2-3-11(9-13)5-6-14(18)17-8-7-12(16)10-15(17)19/h2-4,9,12H,5-8,10,16H2,1H3. The van der Waals surface area contributed by atoms with Gasteiger partial charge in [-0.25, -0.2) is 0 Å². The van der Waals surface area contributed by atoms with Crippen LogP contribution in [-0.2, 0) is 16.0 Å². The number of carbonyl (C=O) groups excluding carboxylic acids is 2. The number of amides is 2. The number of piperidine rings is 1. The molecule has 1 saturated heterocycles. The van der Waals surface area contributed by atoms with Crippen molar-refractivity contribution in [3.8, 4) is 5.75 Å². The monoisotopic (exact) mass is 276 g/mol. The van der Waals surface area contributed by atoms with E-state index in [0.29, 0.717) is 25.8 Å². The Bertz CT molecular complexity index is 502. The summed E-state index contributed by atoms with van der Waals surface area (Å²) in [6.45, 7) is 0.441. The molecule has 108 valence electrons. The van der Waals surface area contributed by atoms with E-state index < -0.39 is 0 Å². The fraction of sp³-hybridized carbons (Fsp3) is 0.467. The summed E-state index contributed by atoms with van der Waals surface area (Å²) in [7, 11) is 1.61. The fourth-order valence-corrected chi connectivity index (χ4v) is 2.33. The minimum Gasteiger partial charge on any atom is -0.497 e. The molecule has 1 fully saturated rings. The minimum absolute atomic E-state index is 0.107. The number of likely N-dealkylation sites (tertiary alicyclic amines) is 1. The lowest BCUT2D eigenvalue weighted by atomic mass is 10.0. The second-order valence-corrected chi connectivity index (χ2v) is 5.04. The Morgan fingerprint density at radius 2 is 2.30 bits per heavy atom. The van der Waals surface area contributed by atoms with Gasteiger partial charge in [0.05, 0.1) is 7.11 Å². The molecule has 0 radical (unpaired) electrons. The van der Waals surface area contributed by atoms with E-state index in [1.165, 1.54) is 4.90 Å². The minimum atomic E-state index is -0.153. The summed E-state index contributed by atoms with van der Waals surface area (Å²) in [6, 6.07) is 7.50. The first-order valence-corrected chi connectivity index (χ1v) is 6.82. The highest BCUT2D eigenvalue weighted by atomic mass is 16.5. The molecule has 5 heteroatoms. The van der Waals surface area contributed by atoms with Crippen LogP contribution >= 0.6 is 0 Å². The van der Waals surface area contributed by atoms with Gasteiger partial charge in [-0.05, 0) is 30.5 Å². The van der Waals surface area contributed by atoms with E-state index in [9.17, 15) is 9.59 Å². The second-order valence-electron chi connectivity index (χ2n) is 5.04. The molecule has 1 aliphatic rings. The number of rotatable bonds is 4. The number of carbonyl (C=O) groups is 2. The van der Waals surface area contributed by atoms with Crippen LogP contribution in [0.4, 0.5) is 0 Å². The number of aryl methyl sites for hydroxylation is 1. The number of nitrogens with two attached hydrogens (primary N) is 1. The van der Waals surface area contributed by atoms with Gasteiger partial charge < -0.3 is 10.5 Å². The second kappa shape index (κ2) is 6.52. The number of hydrogen-bond donors (Lipinski definition) is 1. The van der Waals surface area contributed by atoms with Crippen LogP contribution in [-0.4, -0.2) is 36.4 Å².